The van der Waals surface area contributed by atoms with E-state index in [0.717, 1.165) is 5.69 Å². The van der Waals surface area contributed by atoms with E-state index in [1.54, 1.807) is 25.1 Å². The van der Waals surface area contributed by atoms with Gasteiger partial charge >= 0.3 is 0 Å². The molecule has 0 saturated heterocycles. The van der Waals surface area contributed by atoms with Gasteiger partial charge in [-0.15, -0.1) is 0 Å². The molecule has 0 N–H and O–H groups in total. The van der Waals surface area contributed by atoms with Crippen LogP contribution in [0.3, 0.4) is 0 Å². The van der Waals surface area contributed by atoms with E-state index in [1.165, 1.54) is 5.01 Å². The first kappa shape index (κ1) is 19.0. The van der Waals surface area contributed by atoms with Crippen LogP contribution < -0.4 is 14.5 Å². The molecule has 6 heteroatoms. The van der Waals surface area contributed by atoms with Crippen molar-refractivity contribution >= 4 is 35.0 Å². The van der Waals surface area contributed by atoms with Crippen LogP contribution in [-0.4, -0.2) is 24.8 Å². The molecule has 0 aliphatic carbocycles. The topological polar surface area (TPSA) is 51.1 Å². The number of para-hydroxylation sites is 1. The Balaban J connectivity index is 1.98. The van der Waals surface area contributed by atoms with E-state index < -0.39 is 0 Å². The Labute approximate surface area is 163 Å². The molecule has 1 aliphatic rings. The van der Waals surface area contributed by atoms with Crippen molar-refractivity contribution in [1.82, 2.24) is 0 Å². The van der Waals surface area contributed by atoms with Gasteiger partial charge in [0.15, 0.2) is 11.5 Å². The van der Waals surface area contributed by atoms with E-state index in [-0.39, 0.29) is 5.91 Å². The minimum absolute atomic E-state index is 0.193. The molecule has 5 nitrogen and oxygen atoms in total. The van der Waals surface area contributed by atoms with Crippen LogP contribution in [0.2, 0.25) is 5.02 Å². The summed E-state index contributed by atoms with van der Waals surface area (Å²) in [6.07, 6.45) is 1.74. The van der Waals surface area contributed by atoms with Crippen molar-refractivity contribution in [2.75, 3.05) is 18.2 Å². The SMILES string of the molecule is CCOc1cc(Cl)c(/C=C2\C(=O)N(c3ccccc3)N=C2C)cc1OCC. The van der Waals surface area contributed by atoms with Gasteiger partial charge < -0.3 is 9.47 Å². The van der Waals surface area contributed by atoms with Gasteiger partial charge in [0.05, 0.1) is 35.2 Å². The summed E-state index contributed by atoms with van der Waals surface area (Å²) in [5.41, 5.74) is 2.52. The van der Waals surface area contributed by atoms with Gasteiger partial charge in [0.2, 0.25) is 0 Å². The van der Waals surface area contributed by atoms with Crippen LogP contribution in [0.4, 0.5) is 5.69 Å². The molecule has 0 fully saturated rings. The summed E-state index contributed by atoms with van der Waals surface area (Å²) in [4.78, 5) is 12.9. The highest BCUT2D eigenvalue weighted by Gasteiger charge is 2.29. The van der Waals surface area contributed by atoms with Crippen molar-refractivity contribution in [3.8, 4) is 11.5 Å². The number of carbonyl (C=O) groups excluding carboxylic acids is 1. The van der Waals surface area contributed by atoms with Gasteiger partial charge in [-0.1, -0.05) is 29.8 Å². The Morgan fingerprint density at radius 3 is 2.33 bits per heavy atom. The fraction of sp³-hybridized carbons (Fsp3) is 0.238. The summed E-state index contributed by atoms with van der Waals surface area (Å²) >= 11 is 6.42. The van der Waals surface area contributed by atoms with Crippen molar-refractivity contribution < 1.29 is 14.3 Å². The van der Waals surface area contributed by atoms with Crippen LogP contribution in [0.15, 0.2) is 53.1 Å². The second-order valence-electron chi connectivity index (χ2n) is 5.88. The quantitative estimate of drug-likeness (QED) is 0.662. The molecule has 140 valence electrons. The van der Waals surface area contributed by atoms with E-state index in [9.17, 15) is 4.79 Å². The van der Waals surface area contributed by atoms with E-state index in [4.69, 9.17) is 21.1 Å². The lowest BCUT2D eigenvalue weighted by Crippen LogP contribution is -2.21. The molecule has 1 aliphatic heterocycles. The summed E-state index contributed by atoms with van der Waals surface area (Å²) in [6, 6.07) is 12.8. The number of benzene rings is 2. The number of amides is 1. The zero-order chi connectivity index (χ0) is 19.4. The highest BCUT2D eigenvalue weighted by molar-refractivity contribution is 6.35. The predicted octanol–water partition coefficient (Wildman–Crippen LogP) is 4.94. The maximum Gasteiger partial charge on any atom is 0.280 e. The molecule has 0 atom stereocenters. The molecule has 0 bridgehead atoms. The molecule has 0 radical (unpaired) electrons. The fourth-order valence-electron chi connectivity index (χ4n) is 2.78. The smallest absolute Gasteiger partial charge is 0.280 e. The largest absolute Gasteiger partial charge is 0.490 e. The number of rotatable bonds is 6. The van der Waals surface area contributed by atoms with Gasteiger partial charge in [0.25, 0.3) is 5.91 Å². The first-order valence-corrected chi connectivity index (χ1v) is 9.18. The van der Waals surface area contributed by atoms with Gasteiger partial charge in [0, 0.05) is 6.07 Å². The molecule has 1 amide bonds. The molecule has 2 aromatic rings. The lowest BCUT2D eigenvalue weighted by Gasteiger charge is -2.13. The highest BCUT2D eigenvalue weighted by atomic mass is 35.5. The first-order chi connectivity index (χ1) is 13.0. The minimum atomic E-state index is -0.193. The lowest BCUT2D eigenvalue weighted by atomic mass is 10.1. The summed E-state index contributed by atoms with van der Waals surface area (Å²) < 4.78 is 11.2. The molecule has 3 rings (SSSR count). The monoisotopic (exact) mass is 384 g/mol. The van der Waals surface area contributed by atoms with Crippen LogP contribution in [0.1, 0.15) is 26.3 Å². The van der Waals surface area contributed by atoms with Crippen molar-refractivity contribution in [3.63, 3.8) is 0 Å². The Morgan fingerprint density at radius 2 is 1.70 bits per heavy atom. The zero-order valence-electron chi connectivity index (χ0n) is 15.5. The molecular weight excluding hydrogens is 364 g/mol. The number of hydrogen-bond acceptors (Lipinski definition) is 4. The van der Waals surface area contributed by atoms with Gasteiger partial charge in [-0.25, -0.2) is 0 Å². The third kappa shape index (κ3) is 3.98. The van der Waals surface area contributed by atoms with Gasteiger partial charge in [-0.3, -0.25) is 4.79 Å². The number of hydrazone groups is 1. The van der Waals surface area contributed by atoms with Crippen molar-refractivity contribution in [2.45, 2.75) is 20.8 Å². The predicted molar refractivity (Wildman–Crippen MR) is 109 cm³/mol. The molecule has 0 spiro atoms. The third-order valence-corrected chi connectivity index (χ3v) is 4.35. The summed E-state index contributed by atoms with van der Waals surface area (Å²) in [7, 11) is 0. The highest BCUT2D eigenvalue weighted by Crippen LogP contribution is 2.35. The Kier molecular flexibility index (Phi) is 5.81. The van der Waals surface area contributed by atoms with Crippen molar-refractivity contribution in [2.24, 2.45) is 5.10 Å². The standard InChI is InChI=1S/C21H21ClN2O3/c1-4-26-19-12-15(18(22)13-20(19)27-5-2)11-17-14(3)23-24(21(17)25)16-9-7-6-8-10-16/h6-13H,4-5H2,1-3H3/b17-11-. The minimum Gasteiger partial charge on any atom is -0.490 e. The third-order valence-electron chi connectivity index (χ3n) is 4.03. The second kappa shape index (κ2) is 8.27. The van der Waals surface area contributed by atoms with Gasteiger partial charge in [-0.05, 0) is 50.6 Å². The van der Waals surface area contributed by atoms with Crippen LogP contribution >= 0.6 is 11.6 Å². The molecule has 27 heavy (non-hydrogen) atoms. The number of ether oxygens (including phenoxy) is 2. The van der Waals surface area contributed by atoms with Crippen LogP contribution in [0, 0.1) is 0 Å². The van der Waals surface area contributed by atoms with Crippen LogP contribution in [0.5, 0.6) is 11.5 Å². The number of nitrogens with zero attached hydrogens (tertiary/aromatic N) is 2. The zero-order valence-corrected chi connectivity index (χ0v) is 16.3. The Bertz CT molecular complexity index is 907. The van der Waals surface area contributed by atoms with E-state index in [0.29, 0.717) is 46.6 Å². The average Bonchev–Trinajstić information content (AvgIpc) is 2.94. The van der Waals surface area contributed by atoms with Crippen LogP contribution in [-0.2, 0) is 4.79 Å². The fourth-order valence-corrected chi connectivity index (χ4v) is 2.99. The Morgan fingerprint density at radius 1 is 1.07 bits per heavy atom. The van der Waals surface area contributed by atoms with Gasteiger partial charge in [-0.2, -0.15) is 10.1 Å². The molecule has 0 saturated carbocycles. The summed E-state index contributed by atoms with van der Waals surface area (Å²) in [6.45, 7) is 6.61. The summed E-state index contributed by atoms with van der Waals surface area (Å²) in [5, 5.41) is 6.26. The van der Waals surface area contributed by atoms with Crippen molar-refractivity contribution in [3.05, 3.63) is 58.6 Å². The normalized spacial score (nSPS) is 15.3. The molecule has 2 aromatic carbocycles. The number of hydrogen-bond donors (Lipinski definition) is 0. The van der Waals surface area contributed by atoms with Crippen LogP contribution in [0.25, 0.3) is 6.08 Å². The second-order valence-corrected chi connectivity index (χ2v) is 6.29. The average molecular weight is 385 g/mol. The van der Waals surface area contributed by atoms with E-state index >= 15 is 0 Å². The molecule has 1 heterocycles. The number of halogens is 1. The van der Waals surface area contributed by atoms with E-state index in [2.05, 4.69) is 5.10 Å². The van der Waals surface area contributed by atoms with E-state index in [1.807, 2.05) is 44.2 Å². The van der Waals surface area contributed by atoms with Gasteiger partial charge in [0.1, 0.15) is 0 Å². The van der Waals surface area contributed by atoms with Crippen molar-refractivity contribution in [1.29, 1.82) is 0 Å². The first-order valence-electron chi connectivity index (χ1n) is 8.81. The maximum absolute atomic E-state index is 12.9. The molecule has 0 aromatic heterocycles. The molecular formula is C21H21ClN2O3. The Hall–Kier alpha value is -2.79. The molecule has 0 unspecified atom stereocenters. The number of carbonyl (C=O) groups is 1. The number of anilines is 1. The lowest BCUT2D eigenvalue weighted by molar-refractivity contribution is -0.114. The maximum atomic E-state index is 12.9. The summed E-state index contributed by atoms with van der Waals surface area (Å²) in [5.74, 6) is 0.984.